The zero-order chi connectivity index (χ0) is 23.5. The van der Waals surface area contributed by atoms with Crippen LogP contribution in [0, 0.1) is 0 Å². The number of thioether (sulfide) groups is 1. The Morgan fingerprint density at radius 3 is 2.62 bits per heavy atom. The maximum Gasteiger partial charge on any atom is 0.321 e. The van der Waals surface area contributed by atoms with Gasteiger partial charge in [0.2, 0.25) is 0 Å². The number of benzene rings is 1. The van der Waals surface area contributed by atoms with Crippen molar-refractivity contribution in [2.45, 2.75) is 25.4 Å². The van der Waals surface area contributed by atoms with Gasteiger partial charge in [-0.25, -0.2) is 19.7 Å². The molecule has 8 nitrogen and oxygen atoms in total. The van der Waals surface area contributed by atoms with Crippen LogP contribution in [0.1, 0.15) is 25.6 Å². The zero-order valence-electron chi connectivity index (χ0n) is 18.6. The van der Waals surface area contributed by atoms with Crippen LogP contribution >= 0.6 is 23.1 Å². The largest absolute Gasteiger partial charge is 0.382 e. The number of thiazole rings is 1. The van der Waals surface area contributed by atoms with Gasteiger partial charge < -0.3 is 10.4 Å². The SMILES string of the molecule is CCNC(=O)Nc1nc2cc(-c3cnc(C4(O)CCSCC4)nc3)cc(-c3ccccn3)c2s1. The molecular formula is C24H24N6O2S2. The molecule has 1 aliphatic rings. The molecule has 0 bridgehead atoms. The van der Waals surface area contributed by atoms with Crippen molar-refractivity contribution in [1.29, 1.82) is 0 Å². The first-order valence-electron chi connectivity index (χ1n) is 11.1. The predicted molar refractivity (Wildman–Crippen MR) is 137 cm³/mol. The molecular weight excluding hydrogens is 468 g/mol. The van der Waals surface area contributed by atoms with Gasteiger partial charge in [-0.1, -0.05) is 17.4 Å². The van der Waals surface area contributed by atoms with E-state index in [0.29, 0.717) is 30.3 Å². The molecule has 10 heteroatoms. The average Bonchev–Trinajstić information content (AvgIpc) is 3.27. The molecule has 1 aliphatic heterocycles. The van der Waals surface area contributed by atoms with Gasteiger partial charge in [0.25, 0.3) is 0 Å². The minimum absolute atomic E-state index is 0.288. The Morgan fingerprint density at radius 2 is 1.91 bits per heavy atom. The lowest BCUT2D eigenvalue weighted by atomic mass is 9.95. The lowest BCUT2D eigenvalue weighted by Crippen LogP contribution is -2.32. The Labute approximate surface area is 205 Å². The van der Waals surface area contributed by atoms with Gasteiger partial charge in [0.15, 0.2) is 11.0 Å². The second kappa shape index (κ2) is 9.65. The van der Waals surface area contributed by atoms with Gasteiger partial charge in [0, 0.05) is 36.3 Å². The molecule has 1 saturated heterocycles. The van der Waals surface area contributed by atoms with Crippen molar-refractivity contribution < 1.29 is 9.90 Å². The van der Waals surface area contributed by atoms with Crippen LogP contribution in [0.3, 0.4) is 0 Å². The van der Waals surface area contributed by atoms with Crippen LogP contribution in [0.5, 0.6) is 0 Å². The number of urea groups is 1. The molecule has 34 heavy (non-hydrogen) atoms. The highest BCUT2D eigenvalue weighted by Crippen LogP contribution is 2.38. The standard InChI is InChI=1S/C24H24N6O2S2/c1-2-25-22(31)30-23-29-19-12-15(11-17(20(19)34-23)18-5-3-4-8-26-18)16-13-27-21(28-14-16)24(32)6-9-33-10-7-24/h3-5,8,11-14,32H,2,6-7,9-10H2,1H3,(H2,25,29,30,31). The Kier molecular flexibility index (Phi) is 6.44. The van der Waals surface area contributed by atoms with E-state index in [4.69, 9.17) is 0 Å². The molecule has 3 aromatic heterocycles. The maximum atomic E-state index is 12.0. The lowest BCUT2D eigenvalue weighted by molar-refractivity contribution is 0.0190. The van der Waals surface area contributed by atoms with Crippen LogP contribution in [0.4, 0.5) is 9.93 Å². The van der Waals surface area contributed by atoms with E-state index in [1.54, 1.807) is 18.6 Å². The molecule has 4 aromatic rings. The third-order valence-electron chi connectivity index (χ3n) is 5.71. The molecule has 0 saturated carbocycles. The normalized spacial score (nSPS) is 15.2. The van der Waals surface area contributed by atoms with Crippen LogP contribution in [0.2, 0.25) is 0 Å². The van der Waals surface area contributed by atoms with Crippen LogP contribution in [-0.4, -0.2) is 49.1 Å². The van der Waals surface area contributed by atoms with E-state index in [1.165, 1.54) is 11.3 Å². The van der Waals surface area contributed by atoms with E-state index in [1.807, 2.05) is 49.0 Å². The quantitative estimate of drug-likeness (QED) is 0.371. The highest BCUT2D eigenvalue weighted by molar-refractivity contribution is 7.99. The Hall–Kier alpha value is -3.08. The number of nitrogens with zero attached hydrogens (tertiary/aromatic N) is 4. The van der Waals surface area contributed by atoms with E-state index >= 15 is 0 Å². The summed E-state index contributed by atoms with van der Waals surface area (Å²) in [7, 11) is 0. The number of nitrogens with one attached hydrogen (secondary N) is 2. The van der Waals surface area contributed by atoms with Gasteiger partial charge in [0.05, 0.1) is 15.9 Å². The van der Waals surface area contributed by atoms with Crippen molar-refractivity contribution in [3.63, 3.8) is 0 Å². The Balaban J connectivity index is 1.55. The first-order chi connectivity index (χ1) is 16.6. The number of carbonyl (C=O) groups excluding carboxylic acids is 1. The first-order valence-corrected chi connectivity index (χ1v) is 13.1. The number of aromatic nitrogens is 4. The second-order valence-electron chi connectivity index (χ2n) is 8.03. The molecule has 0 unspecified atom stereocenters. The highest BCUT2D eigenvalue weighted by Gasteiger charge is 2.34. The van der Waals surface area contributed by atoms with E-state index in [9.17, 15) is 9.90 Å². The van der Waals surface area contributed by atoms with E-state index in [2.05, 4.69) is 30.6 Å². The number of carbonyl (C=O) groups is 1. The van der Waals surface area contributed by atoms with Crippen molar-refractivity contribution in [3.8, 4) is 22.4 Å². The molecule has 0 atom stereocenters. The molecule has 3 N–H and O–H groups in total. The molecule has 0 radical (unpaired) electrons. The first kappa shape index (κ1) is 22.7. The number of anilines is 1. The van der Waals surface area contributed by atoms with Gasteiger partial charge in [-0.2, -0.15) is 11.8 Å². The number of fused-ring (bicyclic) bond motifs is 1. The molecule has 174 valence electrons. The zero-order valence-corrected chi connectivity index (χ0v) is 20.2. The molecule has 5 rings (SSSR count). The summed E-state index contributed by atoms with van der Waals surface area (Å²) in [5, 5.41) is 17.0. The van der Waals surface area contributed by atoms with Crippen molar-refractivity contribution in [1.82, 2.24) is 25.3 Å². The van der Waals surface area contributed by atoms with Crippen LogP contribution in [0.25, 0.3) is 32.6 Å². The summed E-state index contributed by atoms with van der Waals surface area (Å²) in [6.07, 6.45) is 6.58. The summed E-state index contributed by atoms with van der Waals surface area (Å²) < 4.78 is 0.931. The molecule has 1 aromatic carbocycles. The molecule has 0 aliphatic carbocycles. The highest BCUT2D eigenvalue weighted by atomic mass is 32.2. The lowest BCUT2D eigenvalue weighted by Gasteiger charge is -2.30. The molecule has 2 amide bonds. The molecule has 1 fully saturated rings. The average molecular weight is 493 g/mol. The van der Waals surface area contributed by atoms with Crippen molar-refractivity contribution in [2.24, 2.45) is 0 Å². The van der Waals surface area contributed by atoms with Gasteiger partial charge in [-0.15, -0.1) is 0 Å². The van der Waals surface area contributed by atoms with Crippen LogP contribution in [0.15, 0.2) is 48.9 Å². The fraction of sp³-hybridized carbons (Fsp3) is 0.292. The van der Waals surface area contributed by atoms with Gasteiger partial charge in [-0.3, -0.25) is 10.3 Å². The number of hydrogen-bond acceptors (Lipinski definition) is 8. The number of hydrogen-bond donors (Lipinski definition) is 3. The Bertz CT molecular complexity index is 1300. The third-order valence-corrected chi connectivity index (χ3v) is 7.72. The summed E-state index contributed by atoms with van der Waals surface area (Å²) in [5.74, 6) is 2.29. The van der Waals surface area contributed by atoms with Crippen molar-refractivity contribution in [2.75, 3.05) is 23.4 Å². The summed E-state index contributed by atoms with van der Waals surface area (Å²) in [6, 6.07) is 9.49. The van der Waals surface area contributed by atoms with Crippen LogP contribution < -0.4 is 10.6 Å². The third kappa shape index (κ3) is 4.61. The van der Waals surface area contributed by atoms with Crippen LogP contribution in [-0.2, 0) is 5.60 Å². The minimum Gasteiger partial charge on any atom is -0.382 e. The summed E-state index contributed by atoms with van der Waals surface area (Å²) in [5.41, 5.74) is 3.24. The van der Waals surface area contributed by atoms with Crippen molar-refractivity contribution >= 4 is 44.5 Å². The van der Waals surface area contributed by atoms with E-state index < -0.39 is 5.60 Å². The van der Waals surface area contributed by atoms with E-state index in [0.717, 1.165) is 44.1 Å². The monoisotopic (exact) mass is 492 g/mol. The number of amides is 2. The number of aliphatic hydroxyl groups is 1. The summed E-state index contributed by atoms with van der Waals surface area (Å²) >= 11 is 3.25. The summed E-state index contributed by atoms with van der Waals surface area (Å²) in [6.45, 7) is 2.40. The molecule has 0 spiro atoms. The van der Waals surface area contributed by atoms with E-state index in [-0.39, 0.29) is 6.03 Å². The summed E-state index contributed by atoms with van der Waals surface area (Å²) in [4.78, 5) is 30.2. The predicted octanol–water partition coefficient (Wildman–Crippen LogP) is 4.67. The topological polar surface area (TPSA) is 113 Å². The fourth-order valence-electron chi connectivity index (χ4n) is 3.92. The smallest absolute Gasteiger partial charge is 0.321 e. The maximum absolute atomic E-state index is 12.0. The second-order valence-corrected chi connectivity index (χ2v) is 10.3. The van der Waals surface area contributed by atoms with Gasteiger partial charge in [0.1, 0.15) is 5.60 Å². The Morgan fingerprint density at radius 1 is 1.12 bits per heavy atom. The van der Waals surface area contributed by atoms with Crippen molar-refractivity contribution in [3.05, 3.63) is 54.7 Å². The van der Waals surface area contributed by atoms with Gasteiger partial charge in [-0.05, 0) is 61.1 Å². The minimum atomic E-state index is -0.957. The fourth-order valence-corrected chi connectivity index (χ4v) is 6.05. The molecule has 4 heterocycles. The number of pyridine rings is 1. The number of rotatable bonds is 5. The van der Waals surface area contributed by atoms with Gasteiger partial charge >= 0.3 is 6.03 Å².